The molecule has 0 radical (unpaired) electrons. The van der Waals surface area contributed by atoms with Crippen molar-refractivity contribution in [2.75, 3.05) is 6.61 Å². The molecule has 2 heterocycles. The van der Waals surface area contributed by atoms with E-state index >= 15 is 0 Å². The lowest BCUT2D eigenvalue weighted by Crippen LogP contribution is -2.50. The number of ether oxygens (including phenoxy) is 2. The highest BCUT2D eigenvalue weighted by molar-refractivity contribution is 5.95. The van der Waals surface area contributed by atoms with Gasteiger partial charge in [0, 0.05) is 5.56 Å². The summed E-state index contributed by atoms with van der Waals surface area (Å²) in [6.45, 7) is 2.05. The van der Waals surface area contributed by atoms with E-state index in [0.29, 0.717) is 17.2 Å². The Balaban J connectivity index is 1.34. The summed E-state index contributed by atoms with van der Waals surface area (Å²) in [7, 11) is 0. The van der Waals surface area contributed by atoms with Crippen LogP contribution in [0, 0.1) is 6.92 Å². The highest BCUT2D eigenvalue weighted by atomic mass is 16.6. The van der Waals surface area contributed by atoms with Gasteiger partial charge in [-0.3, -0.25) is 25.5 Å². The molecule has 142 valence electrons. The third kappa shape index (κ3) is 3.66. The van der Waals surface area contributed by atoms with Crippen LogP contribution in [0.5, 0.6) is 11.5 Å². The van der Waals surface area contributed by atoms with Crippen molar-refractivity contribution in [1.82, 2.24) is 21.0 Å². The Morgan fingerprint density at radius 1 is 1.07 bits per heavy atom. The van der Waals surface area contributed by atoms with Crippen molar-refractivity contribution >= 4 is 11.8 Å². The second kappa shape index (κ2) is 7.43. The monoisotopic (exact) mass is 378 g/mol. The molecule has 4 rings (SSSR count). The minimum Gasteiger partial charge on any atom is -0.485 e. The first-order valence-corrected chi connectivity index (χ1v) is 8.71. The number of fused-ring (bicyclic) bond motifs is 1. The number of aryl methyl sites for hydroxylation is 1. The van der Waals surface area contributed by atoms with Crippen LogP contribution in [-0.4, -0.2) is 34.7 Å². The van der Waals surface area contributed by atoms with Gasteiger partial charge in [0.15, 0.2) is 11.5 Å². The second-order valence-corrected chi connectivity index (χ2v) is 6.34. The van der Waals surface area contributed by atoms with E-state index in [9.17, 15) is 9.59 Å². The number of nitrogens with zero attached hydrogens (tertiary/aromatic N) is 1. The quantitative estimate of drug-likeness (QED) is 0.605. The Hall–Kier alpha value is -3.81. The third-order valence-corrected chi connectivity index (χ3v) is 4.27. The molecule has 28 heavy (non-hydrogen) atoms. The number of hydrogen-bond acceptors (Lipinski definition) is 5. The van der Waals surface area contributed by atoms with Crippen LogP contribution in [0.15, 0.2) is 54.6 Å². The predicted molar refractivity (Wildman–Crippen MR) is 101 cm³/mol. The first-order valence-electron chi connectivity index (χ1n) is 8.71. The standard InChI is InChI=1S/C20H18N4O4/c1-12-6-8-13(9-7-12)14-10-15(22-21-14)19(25)23-24-20(26)18-11-27-16-4-2-3-5-17(16)28-18/h2-10,18H,11H2,1H3,(H,21,22)(H,23,25)(H,24,26). The number of aromatic nitrogens is 2. The van der Waals surface area contributed by atoms with E-state index in [2.05, 4.69) is 21.0 Å². The molecule has 3 aromatic rings. The Bertz CT molecular complexity index is 1010. The van der Waals surface area contributed by atoms with Crippen molar-refractivity contribution in [3.63, 3.8) is 0 Å². The number of hydrazine groups is 1. The minimum absolute atomic E-state index is 0.0559. The molecule has 2 aromatic carbocycles. The smallest absolute Gasteiger partial charge is 0.287 e. The molecule has 0 saturated carbocycles. The van der Waals surface area contributed by atoms with Gasteiger partial charge in [-0.05, 0) is 25.1 Å². The summed E-state index contributed by atoms with van der Waals surface area (Å²) in [6.07, 6.45) is -0.861. The van der Waals surface area contributed by atoms with Gasteiger partial charge in [-0.2, -0.15) is 5.10 Å². The van der Waals surface area contributed by atoms with Gasteiger partial charge in [0.1, 0.15) is 12.3 Å². The van der Waals surface area contributed by atoms with Gasteiger partial charge in [-0.25, -0.2) is 0 Å². The fraction of sp³-hybridized carbons (Fsp3) is 0.150. The lowest BCUT2D eigenvalue weighted by molar-refractivity contribution is -0.131. The Labute approximate surface area is 160 Å². The van der Waals surface area contributed by atoms with Crippen molar-refractivity contribution < 1.29 is 19.1 Å². The first-order chi connectivity index (χ1) is 13.6. The topological polar surface area (TPSA) is 105 Å². The van der Waals surface area contributed by atoms with Gasteiger partial charge in [-0.1, -0.05) is 42.0 Å². The number of benzene rings is 2. The number of amides is 2. The summed E-state index contributed by atoms with van der Waals surface area (Å²) in [5.74, 6) is 0.0330. The molecule has 0 bridgehead atoms. The van der Waals surface area contributed by atoms with Crippen molar-refractivity contribution in [3.05, 3.63) is 65.9 Å². The number of para-hydroxylation sites is 2. The second-order valence-electron chi connectivity index (χ2n) is 6.34. The summed E-state index contributed by atoms with van der Waals surface area (Å²) in [5.41, 5.74) is 7.58. The van der Waals surface area contributed by atoms with Crippen molar-refractivity contribution in [2.45, 2.75) is 13.0 Å². The zero-order chi connectivity index (χ0) is 19.5. The van der Waals surface area contributed by atoms with Gasteiger partial charge >= 0.3 is 0 Å². The van der Waals surface area contributed by atoms with E-state index in [1.54, 1.807) is 24.3 Å². The molecule has 1 aliphatic heterocycles. The maximum atomic E-state index is 12.3. The molecule has 0 spiro atoms. The summed E-state index contributed by atoms with van der Waals surface area (Å²) in [4.78, 5) is 24.5. The molecule has 8 heteroatoms. The molecule has 2 amide bonds. The fourth-order valence-electron chi connectivity index (χ4n) is 2.73. The summed E-state index contributed by atoms with van der Waals surface area (Å²) >= 11 is 0. The van der Waals surface area contributed by atoms with Gasteiger partial charge in [-0.15, -0.1) is 0 Å². The zero-order valence-corrected chi connectivity index (χ0v) is 15.1. The van der Waals surface area contributed by atoms with Crippen LogP contribution in [0.4, 0.5) is 0 Å². The largest absolute Gasteiger partial charge is 0.485 e. The molecule has 1 unspecified atom stereocenters. The molecule has 1 aromatic heterocycles. The molecular weight excluding hydrogens is 360 g/mol. The van der Waals surface area contributed by atoms with Crippen LogP contribution in [0.25, 0.3) is 11.3 Å². The number of rotatable bonds is 3. The van der Waals surface area contributed by atoms with E-state index in [4.69, 9.17) is 9.47 Å². The molecule has 1 atom stereocenters. The minimum atomic E-state index is -0.861. The maximum absolute atomic E-state index is 12.3. The predicted octanol–water partition coefficient (Wildman–Crippen LogP) is 1.99. The van der Waals surface area contributed by atoms with Crippen LogP contribution in [0.3, 0.4) is 0 Å². The summed E-state index contributed by atoms with van der Waals surface area (Å²) in [6, 6.07) is 16.5. The van der Waals surface area contributed by atoms with Gasteiger partial charge < -0.3 is 9.47 Å². The molecule has 3 N–H and O–H groups in total. The molecule has 8 nitrogen and oxygen atoms in total. The highest BCUT2D eigenvalue weighted by Gasteiger charge is 2.27. The number of carbonyl (C=O) groups is 2. The molecular formula is C20H18N4O4. The van der Waals surface area contributed by atoms with Crippen molar-refractivity contribution in [1.29, 1.82) is 0 Å². The van der Waals surface area contributed by atoms with Crippen LogP contribution in [0.2, 0.25) is 0 Å². The highest BCUT2D eigenvalue weighted by Crippen LogP contribution is 2.30. The van der Waals surface area contributed by atoms with E-state index in [1.165, 1.54) is 0 Å². The van der Waals surface area contributed by atoms with Crippen molar-refractivity contribution in [2.24, 2.45) is 0 Å². The number of carbonyl (C=O) groups excluding carboxylic acids is 2. The molecule has 0 aliphatic carbocycles. The molecule has 0 fully saturated rings. The van der Waals surface area contributed by atoms with E-state index < -0.39 is 17.9 Å². The maximum Gasteiger partial charge on any atom is 0.287 e. The van der Waals surface area contributed by atoms with E-state index in [-0.39, 0.29) is 12.3 Å². The van der Waals surface area contributed by atoms with Gasteiger partial charge in [0.25, 0.3) is 11.8 Å². The third-order valence-electron chi connectivity index (χ3n) is 4.27. The number of hydrogen-bond donors (Lipinski definition) is 3. The fourth-order valence-corrected chi connectivity index (χ4v) is 2.73. The lowest BCUT2D eigenvalue weighted by atomic mass is 10.1. The zero-order valence-electron chi connectivity index (χ0n) is 15.1. The van der Waals surface area contributed by atoms with Crippen molar-refractivity contribution in [3.8, 4) is 22.8 Å². The van der Waals surface area contributed by atoms with E-state index in [0.717, 1.165) is 11.1 Å². The number of nitrogens with one attached hydrogen (secondary N) is 3. The van der Waals surface area contributed by atoms with E-state index in [1.807, 2.05) is 37.3 Å². The van der Waals surface area contributed by atoms with Crippen LogP contribution in [0.1, 0.15) is 16.1 Å². The average molecular weight is 378 g/mol. The Morgan fingerprint density at radius 3 is 2.61 bits per heavy atom. The van der Waals surface area contributed by atoms with Gasteiger partial charge in [0.2, 0.25) is 6.10 Å². The van der Waals surface area contributed by atoms with Crippen LogP contribution < -0.4 is 20.3 Å². The average Bonchev–Trinajstić information content (AvgIpc) is 3.22. The molecule has 1 aliphatic rings. The summed E-state index contributed by atoms with van der Waals surface area (Å²) < 4.78 is 11.1. The number of aromatic amines is 1. The lowest BCUT2D eigenvalue weighted by Gasteiger charge is -2.25. The van der Waals surface area contributed by atoms with Gasteiger partial charge in [0.05, 0.1) is 5.69 Å². The van der Waals surface area contributed by atoms with Crippen LogP contribution >= 0.6 is 0 Å². The Morgan fingerprint density at radius 2 is 1.82 bits per heavy atom. The molecule has 0 saturated heterocycles. The summed E-state index contributed by atoms with van der Waals surface area (Å²) in [5, 5.41) is 6.80. The SMILES string of the molecule is Cc1ccc(-c2cc(C(=O)NNC(=O)C3COc4ccccc4O3)[nH]n2)cc1. The first kappa shape index (κ1) is 17.6. The normalized spacial score (nSPS) is 15.0. The Kier molecular flexibility index (Phi) is 4.67. The number of H-pyrrole nitrogens is 1. The van der Waals surface area contributed by atoms with Crippen LogP contribution in [-0.2, 0) is 4.79 Å².